The first-order valence-electron chi connectivity index (χ1n) is 15.5. The van der Waals surface area contributed by atoms with Crippen molar-refractivity contribution in [2.24, 2.45) is 5.92 Å². The quantitative estimate of drug-likeness (QED) is 0.314. The molecule has 2 fully saturated rings. The number of aromatic nitrogens is 3. The van der Waals surface area contributed by atoms with Gasteiger partial charge in [0.15, 0.2) is 0 Å². The lowest BCUT2D eigenvalue weighted by molar-refractivity contribution is -0.107. The molecule has 1 N–H and O–H groups in total. The lowest BCUT2D eigenvalue weighted by Gasteiger charge is -2.47. The highest BCUT2D eigenvalue weighted by atomic mass is 19.3. The van der Waals surface area contributed by atoms with Gasteiger partial charge in [0.25, 0.3) is 11.5 Å². The minimum atomic E-state index is -2.96. The van der Waals surface area contributed by atoms with E-state index >= 15 is 8.78 Å². The number of pyridine rings is 1. The van der Waals surface area contributed by atoms with Crippen LogP contribution in [0.3, 0.4) is 0 Å². The van der Waals surface area contributed by atoms with E-state index in [1.165, 1.54) is 12.4 Å². The summed E-state index contributed by atoms with van der Waals surface area (Å²) in [4.78, 5) is 25.1. The second-order valence-electron chi connectivity index (χ2n) is 13.2. The first-order valence-corrected chi connectivity index (χ1v) is 15.5. The minimum Gasteiger partial charge on any atom is -0.363 e. The van der Waals surface area contributed by atoms with Crippen LogP contribution in [0, 0.1) is 17.2 Å². The summed E-state index contributed by atoms with van der Waals surface area (Å²) in [6.07, 6.45) is 10.4. The normalized spacial score (nSPS) is 27.0. The Labute approximate surface area is 251 Å². The fourth-order valence-corrected chi connectivity index (χ4v) is 6.90. The molecular weight excluding hydrogens is 546 g/mol. The van der Waals surface area contributed by atoms with Crippen molar-refractivity contribution in [1.29, 1.82) is 5.26 Å². The number of rotatable bonds is 1. The number of hydrogen-bond donors (Lipinski definition) is 1. The number of hydrogen-bond acceptors (Lipinski definition) is 6. The zero-order valence-corrected chi connectivity index (χ0v) is 25.2. The second-order valence-corrected chi connectivity index (χ2v) is 13.2. The Bertz CT molecular complexity index is 1650. The van der Waals surface area contributed by atoms with Gasteiger partial charge in [-0.3, -0.25) is 14.3 Å². The van der Waals surface area contributed by atoms with Gasteiger partial charge in [0.1, 0.15) is 17.8 Å². The molecule has 3 aliphatic heterocycles. The number of aryl methyl sites for hydroxylation is 1. The van der Waals surface area contributed by atoms with Crippen molar-refractivity contribution in [1.82, 2.24) is 19.4 Å². The van der Waals surface area contributed by atoms with Gasteiger partial charge in [0.2, 0.25) is 0 Å². The monoisotopic (exact) mass is 586 g/mol. The molecule has 8 bridgehead atoms. The highest BCUT2D eigenvalue weighted by Gasteiger charge is 2.48. The van der Waals surface area contributed by atoms with Gasteiger partial charge in [-0.15, -0.1) is 0 Å². The number of alkyl halides is 2. The smallest absolute Gasteiger partial charge is 0.276 e. The van der Waals surface area contributed by atoms with Crippen molar-refractivity contribution in [3.05, 3.63) is 75.9 Å². The molecule has 7 nitrogen and oxygen atoms in total. The molecule has 7 rings (SSSR count). The topological polar surface area (TPSA) is 86.8 Å². The van der Waals surface area contributed by atoms with E-state index in [0.717, 1.165) is 31.4 Å². The van der Waals surface area contributed by atoms with Crippen molar-refractivity contribution in [3.63, 3.8) is 0 Å². The highest BCUT2D eigenvalue weighted by molar-refractivity contribution is 5.87. The average Bonchev–Trinajstić information content (AvgIpc) is 3.78. The van der Waals surface area contributed by atoms with Gasteiger partial charge >= 0.3 is 0 Å². The fourth-order valence-electron chi connectivity index (χ4n) is 6.90. The molecule has 1 saturated carbocycles. The van der Waals surface area contributed by atoms with Crippen LogP contribution in [0.4, 0.5) is 14.6 Å². The van der Waals surface area contributed by atoms with E-state index in [1.54, 1.807) is 22.8 Å². The summed E-state index contributed by atoms with van der Waals surface area (Å²) in [6, 6.07) is 10.5. The molecule has 1 aromatic carbocycles. The van der Waals surface area contributed by atoms with Crippen LogP contribution in [0.25, 0.3) is 11.0 Å². The first-order chi connectivity index (χ1) is 20.6. The summed E-state index contributed by atoms with van der Waals surface area (Å²) in [5.41, 5.74) is 0.472. The van der Waals surface area contributed by atoms with Crippen LogP contribution in [0.15, 0.2) is 53.6 Å². The Balaban J connectivity index is 1.43. The molecule has 0 amide bonds. The van der Waals surface area contributed by atoms with Gasteiger partial charge in [0, 0.05) is 41.7 Å². The molecule has 9 heteroatoms. The lowest BCUT2D eigenvalue weighted by Crippen LogP contribution is -2.52. The van der Waals surface area contributed by atoms with Crippen LogP contribution in [0.2, 0.25) is 0 Å². The van der Waals surface area contributed by atoms with Gasteiger partial charge in [-0.05, 0) is 90.0 Å². The third-order valence-corrected chi connectivity index (χ3v) is 9.84. The predicted octanol–water partition coefficient (Wildman–Crippen LogP) is 6.84. The third-order valence-electron chi connectivity index (χ3n) is 9.84. The van der Waals surface area contributed by atoms with Crippen molar-refractivity contribution in [3.8, 4) is 6.07 Å². The van der Waals surface area contributed by atoms with E-state index in [0.29, 0.717) is 61.2 Å². The average molecular weight is 587 g/mol. The highest BCUT2D eigenvalue weighted by Crippen LogP contribution is 2.48. The summed E-state index contributed by atoms with van der Waals surface area (Å²) < 4.78 is 33.9. The summed E-state index contributed by atoms with van der Waals surface area (Å²) in [6.45, 7) is 7.91. The van der Waals surface area contributed by atoms with Crippen molar-refractivity contribution < 1.29 is 8.78 Å². The summed E-state index contributed by atoms with van der Waals surface area (Å²) in [7, 11) is 0. The van der Waals surface area contributed by atoms with Crippen LogP contribution < -0.4 is 10.9 Å². The van der Waals surface area contributed by atoms with E-state index in [-0.39, 0.29) is 22.7 Å². The lowest BCUT2D eigenvalue weighted by atomic mass is 9.77. The number of anilines is 1. The van der Waals surface area contributed by atoms with Crippen molar-refractivity contribution in [2.45, 2.75) is 95.2 Å². The van der Waals surface area contributed by atoms with Crippen LogP contribution in [0.5, 0.6) is 0 Å². The van der Waals surface area contributed by atoms with E-state index in [9.17, 15) is 10.1 Å². The fraction of sp³-hybridized carbons (Fsp3) is 0.529. The number of nitrogens with one attached hydrogen (secondary N) is 1. The van der Waals surface area contributed by atoms with Gasteiger partial charge in [0.05, 0.1) is 16.9 Å². The number of piperidine rings is 1. The standard InChI is InChI=1S/C34H40F2N6O/c1-23-24-10-9-11-25(18-24)34(35,36)26-12-17-41(32(2,3)20-26)15-7-5-4-6-8-16-42-30-27(29(40-23)38-22-39-30)19-28(31(42)43)33(21-37)13-14-33/h5,7,9-11,18-19,22-23,26H,4,6,8,12-17,20H2,1-3H3,(H,38,39,40)/b7-5+/t23-,26?/m1/s1. The zero-order chi connectivity index (χ0) is 30.4. The van der Waals surface area contributed by atoms with Gasteiger partial charge < -0.3 is 5.32 Å². The molecule has 2 aromatic heterocycles. The number of benzene rings is 1. The molecule has 5 heterocycles. The maximum atomic E-state index is 16.1. The number of fused-ring (bicyclic) bond motifs is 8. The predicted molar refractivity (Wildman–Crippen MR) is 164 cm³/mol. The maximum absolute atomic E-state index is 16.1. The Morgan fingerprint density at radius 2 is 1.91 bits per heavy atom. The molecule has 226 valence electrons. The number of halogens is 2. The Morgan fingerprint density at radius 3 is 2.65 bits per heavy atom. The molecule has 3 atom stereocenters. The van der Waals surface area contributed by atoms with Gasteiger partial charge in [-0.2, -0.15) is 5.26 Å². The second kappa shape index (κ2) is 11.1. The zero-order valence-electron chi connectivity index (χ0n) is 25.2. The van der Waals surface area contributed by atoms with E-state index in [1.807, 2.05) is 13.0 Å². The summed E-state index contributed by atoms with van der Waals surface area (Å²) >= 11 is 0. The van der Waals surface area contributed by atoms with Crippen LogP contribution in [0.1, 0.15) is 88.4 Å². The number of nitriles is 1. The molecule has 3 aromatic rings. The Morgan fingerprint density at radius 1 is 1.09 bits per heavy atom. The molecule has 43 heavy (non-hydrogen) atoms. The summed E-state index contributed by atoms with van der Waals surface area (Å²) in [5, 5.41) is 14.0. The van der Waals surface area contributed by atoms with Crippen LogP contribution in [-0.2, 0) is 17.9 Å². The molecule has 4 aliphatic rings. The Hall–Kier alpha value is -3.64. The molecular formula is C34H40F2N6O. The molecule has 2 unspecified atom stereocenters. The molecule has 1 saturated heterocycles. The van der Waals surface area contributed by atoms with Crippen molar-refractivity contribution in [2.75, 3.05) is 18.4 Å². The minimum absolute atomic E-state index is 0.0343. The molecule has 1 aliphatic carbocycles. The van der Waals surface area contributed by atoms with E-state index in [2.05, 4.69) is 52.3 Å². The summed E-state index contributed by atoms with van der Waals surface area (Å²) in [5.74, 6) is -3.19. The molecule has 0 spiro atoms. The van der Waals surface area contributed by atoms with Crippen LogP contribution >= 0.6 is 0 Å². The van der Waals surface area contributed by atoms with Crippen LogP contribution in [-0.4, -0.2) is 38.1 Å². The maximum Gasteiger partial charge on any atom is 0.276 e. The number of allylic oxidation sites excluding steroid dienone is 1. The third kappa shape index (κ3) is 5.46. The largest absolute Gasteiger partial charge is 0.363 e. The van der Waals surface area contributed by atoms with Gasteiger partial charge in [-0.25, -0.2) is 18.7 Å². The number of nitrogens with zero attached hydrogens (tertiary/aromatic N) is 5. The Kier molecular flexibility index (Phi) is 7.62. The SMILES string of the molecule is C[C@H]1Nc2ncnc3c2cc(C2(C#N)CC2)c(=O)n3CCCC/C=C/CN2CCC(CC2(C)C)C(F)(F)c2cccc1c2. The first kappa shape index (κ1) is 29.4. The van der Waals surface area contributed by atoms with Crippen molar-refractivity contribution >= 4 is 16.9 Å². The van der Waals surface area contributed by atoms with Gasteiger partial charge in [-0.1, -0.05) is 30.4 Å². The van der Waals surface area contributed by atoms with E-state index in [4.69, 9.17) is 0 Å². The molecule has 0 radical (unpaired) electrons. The van der Waals surface area contributed by atoms with E-state index < -0.39 is 17.3 Å².